The standard InChI is InChI=1S/C6H11Cl3NO4PS/c1-2-3-10-5(11)14-4(6(7,8)9)15(12,13)16/h4H,2-3H2,1H3,(H,10,11)(H2,12,13,16)/t4-/m1/s1. The highest BCUT2D eigenvalue weighted by atomic mass is 35.6. The lowest BCUT2D eigenvalue weighted by Gasteiger charge is -2.27. The summed E-state index contributed by atoms with van der Waals surface area (Å²) < 4.78 is 2.39. The summed E-state index contributed by atoms with van der Waals surface area (Å²) in [6.07, 6.45) is -0.240. The third-order valence-electron chi connectivity index (χ3n) is 1.32. The van der Waals surface area contributed by atoms with Crippen LogP contribution in [0.4, 0.5) is 4.79 Å². The van der Waals surface area contributed by atoms with Crippen molar-refractivity contribution in [3.05, 3.63) is 0 Å². The van der Waals surface area contributed by atoms with Gasteiger partial charge in [-0.3, -0.25) is 0 Å². The number of amides is 1. The van der Waals surface area contributed by atoms with Crippen molar-refractivity contribution >= 4 is 59.2 Å². The molecule has 0 aliphatic heterocycles. The van der Waals surface area contributed by atoms with Crippen LogP contribution >= 0.6 is 41.3 Å². The van der Waals surface area contributed by atoms with Gasteiger partial charge in [-0.15, -0.1) is 0 Å². The van der Waals surface area contributed by atoms with Crippen molar-refractivity contribution in [2.45, 2.75) is 23.0 Å². The number of alkyl halides is 3. The molecule has 0 saturated carbocycles. The number of ether oxygens (including phenoxy) is 1. The summed E-state index contributed by atoms with van der Waals surface area (Å²) in [7, 11) is 0. The third kappa shape index (κ3) is 6.45. The second kappa shape index (κ2) is 6.59. The summed E-state index contributed by atoms with van der Waals surface area (Å²) in [5.41, 5.74) is 0. The third-order valence-corrected chi connectivity index (χ3v) is 4.05. The Labute approximate surface area is 113 Å². The molecule has 0 aromatic rings. The number of nitrogens with one attached hydrogen (secondary N) is 1. The van der Waals surface area contributed by atoms with Crippen LogP contribution < -0.4 is 5.32 Å². The number of hydrogen-bond donors (Lipinski definition) is 3. The van der Waals surface area contributed by atoms with Gasteiger partial charge in [-0.05, 0) is 18.2 Å². The lowest BCUT2D eigenvalue weighted by Crippen LogP contribution is -2.36. The summed E-state index contributed by atoms with van der Waals surface area (Å²) in [5, 5.41) is 2.32. The molecule has 0 fully saturated rings. The maximum Gasteiger partial charge on any atom is 0.408 e. The quantitative estimate of drug-likeness (QED) is 0.543. The Kier molecular flexibility index (Phi) is 6.88. The molecular weight excluding hydrogens is 319 g/mol. The molecule has 10 heteroatoms. The Balaban J connectivity index is 4.59. The molecule has 0 aromatic carbocycles. The molecule has 16 heavy (non-hydrogen) atoms. The fraction of sp³-hybridized carbons (Fsp3) is 0.833. The van der Waals surface area contributed by atoms with E-state index >= 15 is 0 Å². The van der Waals surface area contributed by atoms with Gasteiger partial charge < -0.3 is 19.8 Å². The molecule has 0 saturated heterocycles. The highest BCUT2D eigenvalue weighted by Crippen LogP contribution is 2.53. The van der Waals surface area contributed by atoms with Gasteiger partial charge in [0.1, 0.15) is 0 Å². The number of halogens is 3. The molecule has 0 aliphatic carbocycles. The fourth-order valence-corrected chi connectivity index (χ4v) is 3.79. The Morgan fingerprint density at radius 1 is 1.56 bits per heavy atom. The van der Waals surface area contributed by atoms with Gasteiger partial charge in [0.05, 0.1) is 0 Å². The molecule has 0 rings (SSSR count). The second-order valence-electron chi connectivity index (χ2n) is 2.82. The average Bonchev–Trinajstić information content (AvgIpc) is 2.07. The number of carbonyl (C=O) groups excluding carboxylic acids is 1. The monoisotopic (exact) mass is 329 g/mol. The van der Waals surface area contributed by atoms with Crippen LogP contribution in [0.1, 0.15) is 13.3 Å². The van der Waals surface area contributed by atoms with Gasteiger partial charge in [-0.1, -0.05) is 41.7 Å². The van der Waals surface area contributed by atoms with Gasteiger partial charge >= 0.3 is 6.09 Å². The lowest BCUT2D eigenvalue weighted by atomic mass is 10.5. The van der Waals surface area contributed by atoms with Gasteiger partial charge in [0, 0.05) is 6.54 Å². The summed E-state index contributed by atoms with van der Waals surface area (Å²) in [6.45, 7) is -1.85. The SMILES string of the molecule is CCCNC(=O)O[C@@H](C(Cl)(Cl)Cl)P(O)(O)=S. The van der Waals surface area contributed by atoms with E-state index in [-0.39, 0.29) is 0 Å². The summed E-state index contributed by atoms with van der Waals surface area (Å²) in [6, 6.07) is 0. The van der Waals surface area contributed by atoms with Gasteiger partial charge in [0.25, 0.3) is 0 Å². The van der Waals surface area contributed by atoms with E-state index in [1.54, 1.807) is 0 Å². The zero-order valence-electron chi connectivity index (χ0n) is 8.19. The maximum absolute atomic E-state index is 11.1. The Hall–Kier alpha value is 0.710. The van der Waals surface area contributed by atoms with E-state index in [2.05, 4.69) is 21.9 Å². The highest BCUT2D eigenvalue weighted by Gasteiger charge is 2.45. The molecule has 3 N–H and O–H groups in total. The molecule has 5 nitrogen and oxygen atoms in total. The number of rotatable bonds is 4. The molecule has 1 amide bonds. The van der Waals surface area contributed by atoms with Crippen LogP contribution in [-0.4, -0.2) is 32.1 Å². The minimum atomic E-state index is -4.03. The largest absolute Gasteiger partial charge is 0.431 e. The summed E-state index contributed by atoms with van der Waals surface area (Å²) in [4.78, 5) is 29.6. The smallest absolute Gasteiger partial charge is 0.408 e. The maximum atomic E-state index is 11.1. The van der Waals surface area contributed by atoms with E-state index in [0.717, 1.165) is 0 Å². The molecule has 0 bridgehead atoms. The molecule has 0 aliphatic rings. The van der Waals surface area contributed by atoms with Crippen LogP contribution in [0.5, 0.6) is 0 Å². The molecule has 1 atom stereocenters. The van der Waals surface area contributed by atoms with Gasteiger partial charge in [-0.25, -0.2) is 4.79 Å². The molecular formula is C6H11Cl3NO4PS. The summed E-state index contributed by atoms with van der Waals surface area (Å²) in [5.74, 6) is -1.77. The van der Waals surface area contributed by atoms with E-state index in [4.69, 9.17) is 34.8 Å². The van der Waals surface area contributed by atoms with Crippen molar-refractivity contribution in [1.29, 1.82) is 0 Å². The topological polar surface area (TPSA) is 78.8 Å². The van der Waals surface area contributed by atoms with Crippen LogP contribution in [-0.2, 0) is 16.5 Å². The molecule has 0 radical (unpaired) electrons. The van der Waals surface area contributed by atoms with Crippen molar-refractivity contribution < 1.29 is 19.3 Å². The molecule has 96 valence electrons. The number of hydrogen-bond acceptors (Lipinski definition) is 3. The molecule has 0 unspecified atom stereocenters. The molecule has 0 spiro atoms. The average molecular weight is 331 g/mol. The van der Waals surface area contributed by atoms with E-state index in [0.29, 0.717) is 13.0 Å². The molecule has 0 aromatic heterocycles. The first-order chi connectivity index (χ1) is 7.09. The first-order valence-electron chi connectivity index (χ1n) is 4.15. The van der Waals surface area contributed by atoms with E-state index in [1.165, 1.54) is 0 Å². The zero-order valence-corrected chi connectivity index (χ0v) is 12.2. The Morgan fingerprint density at radius 3 is 2.38 bits per heavy atom. The number of alkyl carbamates (subject to hydrolysis) is 1. The van der Waals surface area contributed by atoms with E-state index in [1.807, 2.05) is 6.92 Å². The van der Waals surface area contributed by atoms with Crippen LogP contribution in [0, 0.1) is 0 Å². The van der Waals surface area contributed by atoms with Crippen molar-refractivity contribution in [2.75, 3.05) is 6.54 Å². The molecule has 0 heterocycles. The van der Waals surface area contributed by atoms with Crippen LogP contribution in [0.3, 0.4) is 0 Å². The highest BCUT2D eigenvalue weighted by molar-refractivity contribution is 8.09. The Bertz CT molecular complexity index is 292. The van der Waals surface area contributed by atoms with Crippen LogP contribution in [0.2, 0.25) is 0 Å². The summed E-state index contributed by atoms with van der Waals surface area (Å²) >= 11 is 20.6. The van der Waals surface area contributed by atoms with E-state index in [9.17, 15) is 14.6 Å². The second-order valence-corrected chi connectivity index (χ2v) is 8.44. The van der Waals surface area contributed by atoms with Crippen LogP contribution in [0.25, 0.3) is 0 Å². The normalized spacial score (nSPS) is 14.4. The first-order valence-corrected chi connectivity index (χ1v) is 8.06. The minimum Gasteiger partial charge on any atom is -0.431 e. The Morgan fingerprint density at radius 2 is 2.06 bits per heavy atom. The fourth-order valence-electron chi connectivity index (χ4n) is 0.696. The zero-order chi connectivity index (χ0) is 13.0. The van der Waals surface area contributed by atoms with Crippen molar-refractivity contribution in [1.82, 2.24) is 5.32 Å². The van der Waals surface area contributed by atoms with Crippen molar-refractivity contribution in [3.63, 3.8) is 0 Å². The lowest BCUT2D eigenvalue weighted by molar-refractivity contribution is 0.126. The van der Waals surface area contributed by atoms with E-state index < -0.39 is 22.2 Å². The van der Waals surface area contributed by atoms with Crippen molar-refractivity contribution in [2.24, 2.45) is 0 Å². The van der Waals surface area contributed by atoms with Gasteiger partial charge in [-0.2, -0.15) is 0 Å². The first kappa shape index (κ1) is 16.7. The predicted octanol–water partition coefficient (Wildman–Crippen LogP) is 2.11. The van der Waals surface area contributed by atoms with Gasteiger partial charge in [0.2, 0.25) is 16.1 Å². The van der Waals surface area contributed by atoms with Gasteiger partial charge in [0.15, 0.2) is 0 Å². The number of carbonyl (C=O) groups is 1. The predicted molar refractivity (Wildman–Crippen MR) is 67.6 cm³/mol. The minimum absolute atomic E-state index is 0.352. The van der Waals surface area contributed by atoms with Crippen molar-refractivity contribution in [3.8, 4) is 0 Å². The van der Waals surface area contributed by atoms with Crippen LogP contribution in [0.15, 0.2) is 0 Å².